The van der Waals surface area contributed by atoms with Crippen LogP contribution in [0.2, 0.25) is 0 Å². The molecule has 29 heavy (non-hydrogen) atoms. The third kappa shape index (κ3) is 4.49. The van der Waals surface area contributed by atoms with Gasteiger partial charge in [-0.25, -0.2) is 0 Å². The number of carbonyl (C=O) groups excluding carboxylic acids is 1. The van der Waals surface area contributed by atoms with Gasteiger partial charge in [-0.1, -0.05) is 29.8 Å². The molecule has 0 fully saturated rings. The van der Waals surface area contributed by atoms with Crippen LogP contribution in [0.1, 0.15) is 21.5 Å². The number of amides is 1. The number of nitrogens with zero attached hydrogens (tertiary/aromatic N) is 2. The van der Waals surface area contributed by atoms with Crippen LogP contribution in [-0.4, -0.2) is 22.5 Å². The summed E-state index contributed by atoms with van der Waals surface area (Å²) < 4.78 is 6.38. The Morgan fingerprint density at radius 1 is 1.17 bits per heavy atom. The number of methoxy groups -OCH3 is 1. The van der Waals surface area contributed by atoms with E-state index in [1.54, 1.807) is 12.3 Å². The number of hydrogen-bond donors (Lipinski definition) is 1. The van der Waals surface area contributed by atoms with E-state index in [0.29, 0.717) is 6.54 Å². The third-order valence-corrected chi connectivity index (χ3v) is 4.37. The topological polar surface area (TPSA) is 103 Å². The van der Waals surface area contributed by atoms with E-state index in [-0.39, 0.29) is 22.7 Å². The maximum absolute atomic E-state index is 12.7. The van der Waals surface area contributed by atoms with Gasteiger partial charge >= 0.3 is 5.69 Å². The second kappa shape index (κ2) is 8.39. The first kappa shape index (κ1) is 19.8. The molecule has 3 rings (SSSR count). The quantitative estimate of drug-likeness (QED) is 0.511. The maximum Gasteiger partial charge on any atom is 0.312 e. The van der Waals surface area contributed by atoms with Gasteiger partial charge in [-0.2, -0.15) is 0 Å². The predicted octanol–water partition coefficient (Wildman–Crippen LogP) is 3.37. The van der Waals surface area contributed by atoms with E-state index in [4.69, 9.17) is 4.74 Å². The lowest BCUT2D eigenvalue weighted by Crippen LogP contribution is -2.29. The molecular formula is C21H19N3O5. The Hall–Kier alpha value is -3.94. The van der Waals surface area contributed by atoms with E-state index >= 15 is 0 Å². The molecule has 0 bridgehead atoms. The zero-order valence-corrected chi connectivity index (χ0v) is 15.9. The third-order valence-electron chi connectivity index (χ3n) is 4.37. The molecule has 0 unspecified atom stereocenters. The Balaban J connectivity index is 1.85. The van der Waals surface area contributed by atoms with Crippen LogP contribution < -0.4 is 15.6 Å². The molecule has 1 amide bonds. The Kier molecular flexibility index (Phi) is 5.73. The number of aryl methyl sites for hydroxylation is 1. The lowest BCUT2D eigenvalue weighted by molar-refractivity contribution is -0.385. The van der Waals surface area contributed by atoms with Gasteiger partial charge in [-0.15, -0.1) is 0 Å². The standard InChI is InChI=1S/C21H19N3O5/c1-14-5-7-15(8-6-14)13-23-11-3-4-17(21(23)26)20(25)22-16-9-10-19(29-2)18(12-16)24(27)28/h3-12H,13H2,1-2H3,(H,22,25). The molecule has 0 aliphatic rings. The van der Waals surface area contributed by atoms with Gasteiger partial charge in [0.1, 0.15) is 5.56 Å². The highest BCUT2D eigenvalue weighted by molar-refractivity contribution is 6.04. The number of nitro benzene ring substituents is 1. The second-order valence-electron chi connectivity index (χ2n) is 6.44. The molecule has 0 radical (unpaired) electrons. The average Bonchev–Trinajstić information content (AvgIpc) is 2.71. The van der Waals surface area contributed by atoms with Gasteiger partial charge in [-0.3, -0.25) is 19.7 Å². The lowest BCUT2D eigenvalue weighted by atomic mass is 10.1. The number of nitrogens with one attached hydrogen (secondary N) is 1. The van der Waals surface area contributed by atoms with Crippen molar-refractivity contribution < 1.29 is 14.5 Å². The molecule has 0 saturated heterocycles. The van der Waals surface area contributed by atoms with Crippen LogP contribution >= 0.6 is 0 Å². The number of pyridine rings is 1. The van der Waals surface area contributed by atoms with E-state index in [2.05, 4.69) is 5.32 Å². The molecule has 1 N–H and O–H groups in total. The number of carbonyl (C=O) groups is 1. The summed E-state index contributed by atoms with van der Waals surface area (Å²) in [7, 11) is 1.32. The van der Waals surface area contributed by atoms with Crippen LogP contribution in [0.4, 0.5) is 11.4 Å². The van der Waals surface area contributed by atoms with E-state index < -0.39 is 16.4 Å². The molecule has 8 nitrogen and oxygen atoms in total. The summed E-state index contributed by atoms with van der Waals surface area (Å²) >= 11 is 0. The van der Waals surface area contributed by atoms with Gasteiger partial charge in [0.15, 0.2) is 5.75 Å². The first-order chi connectivity index (χ1) is 13.9. The molecule has 1 heterocycles. The van der Waals surface area contributed by atoms with Crippen LogP contribution in [0.5, 0.6) is 5.75 Å². The van der Waals surface area contributed by atoms with Crippen molar-refractivity contribution in [3.05, 3.63) is 98.0 Å². The summed E-state index contributed by atoms with van der Waals surface area (Å²) in [6.45, 7) is 2.30. The van der Waals surface area contributed by atoms with Crippen molar-refractivity contribution in [3.63, 3.8) is 0 Å². The summed E-state index contributed by atoms with van der Waals surface area (Å²) in [5, 5.41) is 13.7. The van der Waals surface area contributed by atoms with Crippen molar-refractivity contribution in [3.8, 4) is 5.75 Å². The van der Waals surface area contributed by atoms with Gasteiger partial charge < -0.3 is 14.6 Å². The van der Waals surface area contributed by atoms with E-state index in [0.717, 1.165) is 11.1 Å². The molecule has 3 aromatic rings. The zero-order valence-electron chi connectivity index (χ0n) is 15.9. The Labute approximate surface area is 166 Å². The van der Waals surface area contributed by atoms with Crippen molar-refractivity contribution in [1.82, 2.24) is 4.57 Å². The van der Waals surface area contributed by atoms with E-state index in [9.17, 15) is 19.7 Å². The number of aromatic nitrogens is 1. The minimum absolute atomic E-state index is 0.0573. The fourth-order valence-corrected chi connectivity index (χ4v) is 2.83. The van der Waals surface area contributed by atoms with Gasteiger partial charge in [0, 0.05) is 18.0 Å². The van der Waals surface area contributed by atoms with E-state index in [1.165, 1.54) is 35.9 Å². The number of nitro groups is 1. The smallest absolute Gasteiger partial charge is 0.312 e. The first-order valence-electron chi connectivity index (χ1n) is 8.78. The normalized spacial score (nSPS) is 10.4. The molecule has 0 atom stereocenters. The highest BCUT2D eigenvalue weighted by Gasteiger charge is 2.18. The van der Waals surface area contributed by atoms with Gasteiger partial charge in [0.2, 0.25) is 0 Å². The minimum atomic E-state index is -0.646. The van der Waals surface area contributed by atoms with Crippen molar-refractivity contribution in [2.75, 3.05) is 12.4 Å². The maximum atomic E-state index is 12.7. The van der Waals surface area contributed by atoms with Gasteiger partial charge in [0.05, 0.1) is 18.6 Å². The molecule has 8 heteroatoms. The molecule has 0 spiro atoms. The molecule has 2 aromatic carbocycles. The van der Waals surface area contributed by atoms with Gasteiger partial charge in [0.25, 0.3) is 11.5 Å². The van der Waals surface area contributed by atoms with E-state index in [1.807, 2.05) is 31.2 Å². The van der Waals surface area contributed by atoms with Crippen LogP contribution in [0.15, 0.2) is 65.6 Å². The van der Waals surface area contributed by atoms with Crippen molar-refractivity contribution in [1.29, 1.82) is 0 Å². The first-order valence-corrected chi connectivity index (χ1v) is 8.78. The zero-order chi connectivity index (χ0) is 21.0. The highest BCUT2D eigenvalue weighted by Crippen LogP contribution is 2.29. The van der Waals surface area contributed by atoms with Gasteiger partial charge in [-0.05, 0) is 36.8 Å². The molecule has 0 saturated carbocycles. The van der Waals surface area contributed by atoms with Crippen LogP contribution in [0, 0.1) is 17.0 Å². The summed E-state index contributed by atoms with van der Waals surface area (Å²) in [6.07, 6.45) is 1.61. The second-order valence-corrected chi connectivity index (χ2v) is 6.44. The van der Waals surface area contributed by atoms with Crippen LogP contribution in [0.25, 0.3) is 0 Å². The average molecular weight is 393 g/mol. The summed E-state index contributed by atoms with van der Waals surface area (Å²) in [6, 6.07) is 14.8. The molecule has 0 aliphatic heterocycles. The molecule has 1 aromatic heterocycles. The fourth-order valence-electron chi connectivity index (χ4n) is 2.83. The van der Waals surface area contributed by atoms with Crippen molar-refractivity contribution in [2.24, 2.45) is 0 Å². The van der Waals surface area contributed by atoms with Crippen LogP contribution in [-0.2, 0) is 6.54 Å². The lowest BCUT2D eigenvalue weighted by Gasteiger charge is -2.10. The number of rotatable bonds is 6. The molecule has 0 aliphatic carbocycles. The molecular weight excluding hydrogens is 374 g/mol. The largest absolute Gasteiger partial charge is 0.490 e. The monoisotopic (exact) mass is 393 g/mol. The number of anilines is 1. The van der Waals surface area contributed by atoms with Crippen LogP contribution in [0.3, 0.4) is 0 Å². The predicted molar refractivity (Wildman–Crippen MR) is 109 cm³/mol. The minimum Gasteiger partial charge on any atom is -0.490 e. The van der Waals surface area contributed by atoms with Crippen molar-refractivity contribution in [2.45, 2.75) is 13.5 Å². The summed E-state index contributed by atoms with van der Waals surface area (Å²) in [4.78, 5) is 35.9. The summed E-state index contributed by atoms with van der Waals surface area (Å²) in [5.74, 6) is -0.569. The Morgan fingerprint density at radius 2 is 1.90 bits per heavy atom. The highest BCUT2D eigenvalue weighted by atomic mass is 16.6. The fraction of sp³-hybridized carbons (Fsp3) is 0.143. The van der Waals surface area contributed by atoms with Crippen molar-refractivity contribution >= 4 is 17.3 Å². The number of benzene rings is 2. The number of ether oxygens (including phenoxy) is 1. The Morgan fingerprint density at radius 3 is 2.55 bits per heavy atom. The Bertz CT molecular complexity index is 1120. The summed E-state index contributed by atoms with van der Waals surface area (Å²) in [5.41, 5.74) is 1.45. The SMILES string of the molecule is COc1ccc(NC(=O)c2cccn(Cc3ccc(C)cc3)c2=O)cc1[N+](=O)[O-]. The number of hydrogen-bond acceptors (Lipinski definition) is 5. The molecule has 148 valence electrons.